The van der Waals surface area contributed by atoms with Crippen molar-refractivity contribution in [3.8, 4) is 11.6 Å². The van der Waals surface area contributed by atoms with Crippen molar-refractivity contribution in [2.24, 2.45) is 0 Å². The van der Waals surface area contributed by atoms with Crippen LogP contribution in [-0.4, -0.2) is 92.1 Å². The van der Waals surface area contributed by atoms with Crippen molar-refractivity contribution >= 4 is 35.1 Å². The van der Waals surface area contributed by atoms with Crippen LogP contribution in [0.3, 0.4) is 0 Å². The van der Waals surface area contributed by atoms with Gasteiger partial charge in [-0.15, -0.1) is 15.3 Å². The van der Waals surface area contributed by atoms with Gasteiger partial charge in [0.25, 0.3) is 11.6 Å². The van der Waals surface area contributed by atoms with Gasteiger partial charge in [0.05, 0.1) is 22.3 Å². The third-order valence-corrected chi connectivity index (χ3v) is 7.44. The average Bonchev–Trinajstić information content (AvgIpc) is 3.90. The Morgan fingerprint density at radius 1 is 0.811 bits per heavy atom. The van der Waals surface area contributed by atoms with Gasteiger partial charge in [0, 0.05) is 12.4 Å². The fourth-order valence-corrected chi connectivity index (χ4v) is 4.96. The molecule has 0 aliphatic rings. The maximum absolute atomic E-state index is 13.9. The normalized spacial score (nSPS) is 13.2. The van der Waals surface area contributed by atoms with Crippen LogP contribution in [0, 0.1) is 0 Å². The standard InChI is InChI=1S/C26H16Cl2F6N14O5/c27-11-3-1-5-35-19(11)47-15(21(50)51)8-14(40-47)18(10-46-41-23(37-43-46)25(29,30)31)53-22(52)16-7-13(39-48(16)20-12(28)4-2-6-36-20)17(49)9-45-24(26(32,33)34)38-42-44-45/h1-8,17-18,49H,9-10H2,(H,50,51). The minimum Gasteiger partial charge on any atom is -0.477 e. The second-order valence-electron chi connectivity index (χ2n) is 10.4. The second kappa shape index (κ2) is 14.2. The van der Waals surface area contributed by atoms with Crippen LogP contribution in [0.5, 0.6) is 0 Å². The number of hydrogen-bond acceptors (Lipinski definition) is 14. The van der Waals surface area contributed by atoms with Gasteiger partial charge >= 0.3 is 24.3 Å². The Morgan fingerprint density at radius 3 is 1.98 bits per heavy atom. The van der Waals surface area contributed by atoms with Crippen molar-refractivity contribution in [2.75, 3.05) is 0 Å². The number of aromatic nitrogens is 14. The fraction of sp³-hybridized carbons (Fsp3) is 0.231. The molecule has 0 amide bonds. The molecule has 0 fully saturated rings. The molecule has 6 aromatic rings. The van der Waals surface area contributed by atoms with E-state index in [4.69, 9.17) is 27.9 Å². The van der Waals surface area contributed by atoms with E-state index in [1.807, 2.05) is 0 Å². The van der Waals surface area contributed by atoms with Gasteiger partial charge < -0.3 is 14.9 Å². The van der Waals surface area contributed by atoms with E-state index in [1.54, 1.807) is 0 Å². The van der Waals surface area contributed by atoms with Crippen LogP contribution in [0.25, 0.3) is 11.6 Å². The van der Waals surface area contributed by atoms with E-state index < -0.39 is 78.3 Å². The summed E-state index contributed by atoms with van der Waals surface area (Å²) in [6.45, 7) is -1.74. The van der Waals surface area contributed by atoms with Crippen LogP contribution in [0.2, 0.25) is 10.0 Å². The van der Waals surface area contributed by atoms with E-state index in [1.165, 1.54) is 36.7 Å². The Hall–Kier alpha value is -6.08. The number of tetrazole rings is 2. The third-order valence-electron chi connectivity index (χ3n) is 6.85. The molecule has 6 aromatic heterocycles. The highest BCUT2D eigenvalue weighted by atomic mass is 35.5. The first-order valence-corrected chi connectivity index (χ1v) is 15.0. The molecule has 0 aromatic carbocycles. The Labute approximate surface area is 298 Å². The van der Waals surface area contributed by atoms with Crippen LogP contribution in [0.15, 0.2) is 48.8 Å². The summed E-state index contributed by atoms with van der Waals surface area (Å²) in [7, 11) is 0. The van der Waals surface area contributed by atoms with E-state index in [-0.39, 0.29) is 32.1 Å². The molecular weight excluding hydrogens is 773 g/mol. The molecule has 0 aliphatic carbocycles. The average molecular weight is 789 g/mol. The van der Waals surface area contributed by atoms with E-state index in [2.05, 4.69) is 51.1 Å². The van der Waals surface area contributed by atoms with Crippen LogP contribution < -0.4 is 0 Å². The fourth-order valence-electron chi connectivity index (χ4n) is 4.56. The number of nitrogens with zero attached hydrogens (tertiary/aromatic N) is 14. The van der Waals surface area contributed by atoms with Crippen molar-refractivity contribution in [3.05, 3.63) is 93.3 Å². The van der Waals surface area contributed by atoms with E-state index in [0.717, 1.165) is 21.5 Å². The molecule has 27 heteroatoms. The molecule has 2 N–H and O–H groups in total. The van der Waals surface area contributed by atoms with Gasteiger partial charge in [-0.05, 0) is 52.0 Å². The zero-order valence-corrected chi connectivity index (χ0v) is 27.1. The number of alkyl halides is 6. The minimum absolute atomic E-state index is 0.0581. The van der Waals surface area contributed by atoms with Crippen LogP contribution in [0.1, 0.15) is 56.2 Å². The number of pyridine rings is 2. The van der Waals surface area contributed by atoms with Crippen molar-refractivity contribution in [1.29, 1.82) is 0 Å². The number of ether oxygens (including phenoxy) is 1. The summed E-state index contributed by atoms with van der Waals surface area (Å²) in [4.78, 5) is 34.6. The lowest BCUT2D eigenvalue weighted by atomic mass is 10.2. The molecule has 0 spiro atoms. The third kappa shape index (κ3) is 7.75. The summed E-state index contributed by atoms with van der Waals surface area (Å²) in [5.41, 5.74) is -1.97. The highest BCUT2D eigenvalue weighted by Crippen LogP contribution is 2.31. The zero-order valence-electron chi connectivity index (χ0n) is 25.6. The van der Waals surface area contributed by atoms with Gasteiger partial charge in [0.15, 0.2) is 29.1 Å². The maximum atomic E-state index is 13.9. The van der Waals surface area contributed by atoms with Crippen LogP contribution >= 0.6 is 23.2 Å². The molecule has 276 valence electrons. The lowest BCUT2D eigenvalue weighted by Gasteiger charge is -2.16. The van der Waals surface area contributed by atoms with Gasteiger partial charge in [-0.25, -0.2) is 33.6 Å². The number of rotatable bonds is 11. The number of carboxylic acid groups (broad SMARTS) is 1. The Balaban J connectivity index is 1.42. The highest BCUT2D eigenvalue weighted by molar-refractivity contribution is 6.32. The van der Waals surface area contributed by atoms with Gasteiger partial charge in [-0.2, -0.15) is 41.3 Å². The molecule has 6 rings (SSSR count). The minimum atomic E-state index is -5.02. The quantitative estimate of drug-likeness (QED) is 0.142. The van der Waals surface area contributed by atoms with Gasteiger partial charge in [-0.3, -0.25) is 0 Å². The molecule has 53 heavy (non-hydrogen) atoms. The number of aliphatic hydroxyl groups excluding tert-OH is 1. The SMILES string of the molecule is O=C(O)c1cc(C(Cn2nnc(C(F)(F)F)n2)OC(=O)c2cc(C(O)Cn3nnnc3C(F)(F)F)nn2-c2ncccc2Cl)nn1-c1ncccc1Cl. The number of aliphatic hydroxyl groups is 1. The summed E-state index contributed by atoms with van der Waals surface area (Å²) in [6.07, 6.45) is -11.2. The van der Waals surface area contributed by atoms with E-state index >= 15 is 0 Å². The van der Waals surface area contributed by atoms with Crippen LogP contribution in [0.4, 0.5) is 26.3 Å². The van der Waals surface area contributed by atoms with Crippen molar-refractivity contribution in [1.82, 2.24) is 69.9 Å². The molecule has 0 radical (unpaired) electrons. The summed E-state index contributed by atoms with van der Waals surface area (Å²) < 4.78 is 87.4. The van der Waals surface area contributed by atoms with Crippen molar-refractivity contribution in [2.45, 2.75) is 37.7 Å². The molecule has 0 bridgehead atoms. The molecule has 0 aliphatic heterocycles. The maximum Gasteiger partial charge on any atom is 0.455 e. The van der Waals surface area contributed by atoms with Gasteiger partial charge in [-0.1, -0.05) is 23.2 Å². The molecule has 0 saturated heterocycles. The lowest BCUT2D eigenvalue weighted by Crippen LogP contribution is -2.21. The predicted octanol–water partition coefficient (Wildman–Crippen LogP) is 3.20. The predicted molar refractivity (Wildman–Crippen MR) is 158 cm³/mol. The van der Waals surface area contributed by atoms with Gasteiger partial charge in [0.1, 0.15) is 18.3 Å². The number of carbonyl (C=O) groups is 2. The monoisotopic (exact) mass is 788 g/mol. The number of esters is 1. The Morgan fingerprint density at radius 2 is 1.42 bits per heavy atom. The topological polar surface area (TPSA) is 232 Å². The Kier molecular flexibility index (Phi) is 9.80. The lowest BCUT2D eigenvalue weighted by molar-refractivity contribution is -0.148. The van der Waals surface area contributed by atoms with Crippen molar-refractivity contribution in [3.63, 3.8) is 0 Å². The molecule has 2 atom stereocenters. The summed E-state index contributed by atoms with van der Waals surface area (Å²) in [5, 5.41) is 47.5. The van der Waals surface area contributed by atoms with Gasteiger partial charge in [0.2, 0.25) is 0 Å². The first kappa shape index (κ1) is 36.7. The van der Waals surface area contributed by atoms with E-state index in [9.17, 15) is 46.1 Å². The molecule has 19 nitrogen and oxygen atoms in total. The smallest absolute Gasteiger partial charge is 0.455 e. The number of hydrogen-bond donors (Lipinski definition) is 2. The summed E-state index contributed by atoms with van der Waals surface area (Å²) in [6, 6.07) is 7.38. The largest absolute Gasteiger partial charge is 0.477 e. The first-order chi connectivity index (χ1) is 25.0. The number of carbonyl (C=O) groups excluding carboxylic acids is 1. The number of halogens is 8. The zero-order chi connectivity index (χ0) is 38.2. The first-order valence-electron chi connectivity index (χ1n) is 14.2. The van der Waals surface area contributed by atoms with Crippen LogP contribution in [-0.2, 0) is 30.2 Å². The highest BCUT2D eigenvalue weighted by Gasteiger charge is 2.39. The number of aromatic carboxylic acids is 1. The molecule has 0 saturated carbocycles. The molecule has 2 unspecified atom stereocenters. The van der Waals surface area contributed by atoms with Crippen molar-refractivity contribution < 1.29 is 50.9 Å². The summed E-state index contributed by atoms with van der Waals surface area (Å²) in [5.74, 6) is -6.54. The molecule has 6 heterocycles. The Bertz CT molecular complexity index is 2310. The summed E-state index contributed by atoms with van der Waals surface area (Å²) >= 11 is 12.5. The number of carboxylic acids is 1. The second-order valence-corrected chi connectivity index (χ2v) is 11.2. The molecular formula is C26H16Cl2F6N14O5. The van der Waals surface area contributed by atoms with E-state index in [0.29, 0.717) is 4.80 Å².